The van der Waals surface area contributed by atoms with Crippen molar-refractivity contribution in [3.63, 3.8) is 0 Å². The fraction of sp³-hybridized carbons (Fsp3) is 0.417. The van der Waals surface area contributed by atoms with Crippen molar-refractivity contribution in [3.05, 3.63) is 34.6 Å². The van der Waals surface area contributed by atoms with Gasteiger partial charge >= 0.3 is 0 Å². The average Bonchev–Trinajstić information content (AvgIpc) is 2.21. The molecule has 0 aliphatic carbocycles. The molecule has 0 fully saturated rings. The van der Waals surface area contributed by atoms with Gasteiger partial charge < -0.3 is 5.73 Å². The summed E-state index contributed by atoms with van der Waals surface area (Å²) in [5, 5.41) is 0.300. The summed E-state index contributed by atoms with van der Waals surface area (Å²) >= 11 is 5.82. The molecule has 2 N–H and O–H groups in total. The highest BCUT2D eigenvalue weighted by molar-refractivity contribution is 6.31. The minimum Gasteiger partial charge on any atom is -0.328 e. The van der Waals surface area contributed by atoms with Gasteiger partial charge in [0.1, 0.15) is 11.6 Å². The second-order valence-electron chi connectivity index (χ2n) is 3.93. The zero-order valence-corrected chi connectivity index (χ0v) is 9.93. The fourth-order valence-electron chi connectivity index (χ4n) is 1.38. The summed E-state index contributed by atoms with van der Waals surface area (Å²) in [6.45, 7) is 1.84. The quantitative estimate of drug-likeness (QED) is 0.864. The van der Waals surface area contributed by atoms with Gasteiger partial charge in [-0.2, -0.15) is 0 Å². The number of halogens is 2. The van der Waals surface area contributed by atoms with Gasteiger partial charge in [0.2, 0.25) is 0 Å². The summed E-state index contributed by atoms with van der Waals surface area (Å²) < 4.78 is 13.3. The molecule has 4 heteroatoms. The molecule has 0 spiro atoms. The van der Waals surface area contributed by atoms with Crippen LogP contribution in [0.2, 0.25) is 5.02 Å². The van der Waals surface area contributed by atoms with Crippen LogP contribution in [0.15, 0.2) is 18.2 Å². The molecular formula is C12H15ClFNO. The Hall–Kier alpha value is -0.930. The smallest absolute Gasteiger partial charge is 0.137 e. The summed E-state index contributed by atoms with van der Waals surface area (Å²) in [5.41, 5.74) is 5.82. The topological polar surface area (TPSA) is 43.1 Å². The molecule has 0 saturated heterocycles. The van der Waals surface area contributed by atoms with E-state index in [1.807, 2.05) is 6.92 Å². The lowest BCUT2D eigenvalue weighted by atomic mass is 10.0. The first kappa shape index (κ1) is 13.1. The number of hydrogen-bond acceptors (Lipinski definition) is 2. The first-order chi connectivity index (χ1) is 7.50. The number of carbonyl (C=O) groups excluding carboxylic acids is 1. The van der Waals surface area contributed by atoms with Crippen LogP contribution in [0, 0.1) is 5.82 Å². The molecule has 0 saturated carbocycles. The highest BCUT2D eigenvalue weighted by Gasteiger charge is 2.12. The van der Waals surface area contributed by atoms with Crippen LogP contribution in [0.1, 0.15) is 25.3 Å². The molecule has 0 aromatic heterocycles. The molecule has 1 atom stereocenters. The van der Waals surface area contributed by atoms with Gasteiger partial charge in [-0.15, -0.1) is 0 Å². The van der Waals surface area contributed by atoms with Gasteiger partial charge in [0, 0.05) is 29.5 Å². The third-order valence-electron chi connectivity index (χ3n) is 2.31. The van der Waals surface area contributed by atoms with E-state index >= 15 is 0 Å². The molecule has 0 radical (unpaired) electrons. The zero-order valence-electron chi connectivity index (χ0n) is 9.17. The number of hydrogen-bond donors (Lipinski definition) is 1. The minimum atomic E-state index is -0.429. The molecule has 88 valence electrons. The number of rotatable bonds is 5. The van der Waals surface area contributed by atoms with E-state index in [4.69, 9.17) is 17.3 Å². The Labute approximate surface area is 99.6 Å². The van der Waals surface area contributed by atoms with Crippen LogP contribution in [0.4, 0.5) is 4.39 Å². The molecule has 1 unspecified atom stereocenters. The molecule has 2 nitrogen and oxygen atoms in total. The SMILES string of the molecule is CC(N)CCC(=O)Cc1c(F)cccc1Cl. The van der Waals surface area contributed by atoms with Crippen LogP contribution in [-0.4, -0.2) is 11.8 Å². The fourth-order valence-corrected chi connectivity index (χ4v) is 1.61. The van der Waals surface area contributed by atoms with Crippen molar-refractivity contribution in [3.8, 4) is 0 Å². The van der Waals surface area contributed by atoms with E-state index in [-0.39, 0.29) is 23.8 Å². The Morgan fingerprint density at radius 2 is 2.25 bits per heavy atom. The maximum atomic E-state index is 13.3. The van der Waals surface area contributed by atoms with E-state index in [1.165, 1.54) is 12.1 Å². The molecule has 16 heavy (non-hydrogen) atoms. The van der Waals surface area contributed by atoms with E-state index in [1.54, 1.807) is 6.07 Å². The summed E-state index contributed by atoms with van der Waals surface area (Å²) in [6.07, 6.45) is 1.02. The third-order valence-corrected chi connectivity index (χ3v) is 2.67. The molecule has 0 aliphatic heterocycles. The predicted molar refractivity (Wildman–Crippen MR) is 63.0 cm³/mol. The van der Waals surface area contributed by atoms with Crippen LogP contribution < -0.4 is 5.73 Å². The Morgan fingerprint density at radius 3 is 2.81 bits per heavy atom. The van der Waals surface area contributed by atoms with Gasteiger partial charge in [-0.1, -0.05) is 17.7 Å². The summed E-state index contributed by atoms with van der Waals surface area (Å²) in [5.74, 6) is -0.467. The van der Waals surface area contributed by atoms with E-state index in [9.17, 15) is 9.18 Å². The lowest BCUT2D eigenvalue weighted by molar-refractivity contribution is -0.118. The number of nitrogens with two attached hydrogens (primary N) is 1. The second-order valence-corrected chi connectivity index (χ2v) is 4.34. The molecule has 0 amide bonds. The van der Waals surface area contributed by atoms with Crippen LogP contribution >= 0.6 is 11.6 Å². The monoisotopic (exact) mass is 243 g/mol. The maximum Gasteiger partial charge on any atom is 0.137 e. The number of ketones is 1. The van der Waals surface area contributed by atoms with Gasteiger partial charge in [0.15, 0.2) is 0 Å². The lowest BCUT2D eigenvalue weighted by Crippen LogP contribution is -2.17. The van der Waals surface area contributed by atoms with Gasteiger partial charge in [-0.3, -0.25) is 4.79 Å². The number of carbonyl (C=O) groups is 1. The van der Waals surface area contributed by atoms with Crippen molar-refractivity contribution in [2.24, 2.45) is 5.73 Å². The molecule has 0 aliphatic rings. The normalized spacial score (nSPS) is 12.5. The average molecular weight is 244 g/mol. The molecule has 1 aromatic rings. The summed E-state index contributed by atoms with van der Waals surface area (Å²) in [4.78, 5) is 11.5. The van der Waals surface area contributed by atoms with E-state index in [0.717, 1.165) is 0 Å². The van der Waals surface area contributed by atoms with Crippen molar-refractivity contribution in [1.29, 1.82) is 0 Å². The van der Waals surface area contributed by atoms with Crippen LogP contribution in [0.3, 0.4) is 0 Å². The van der Waals surface area contributed by atoms with Crippen molar-refractivity contribution in [1.82, 2.24) is 0 Å². The van der Waals surface area contributed by atoms with E-state index in [0.29, 0.717) is 17.9 Å². The van der Waals surface area contributed by atoms with E-state index in [2.05, 4.69) is 0 Å². The lowest BCUT2D eigenvalue weighted by Gasteiger charge is -2.06. The highest BCUT2D eigenvalue weighted by Crippen LogP contribution is 2.20. The number of Topliss-reactive ketones (excluding diaryl/α,β-unsaturated/α-hetero) is 1. The van der Waals surface area contributed by atoms with Crippen LogP contribution in [0.5, 0.6) is 0 Å². The Morgan fingerprint density at radius 1 is 1.56 bits per heavy atom. The third kappa shape index (κ3) is 3.91. The highest BCUT2D eigenvalue weighted by atomic mass is 35.5. The number of benzene rings is 1. The predicted octanol–water partition coefficient (Wildman–Crippen LogP) is 2.72. The van der Waals surface area contributed by atoms with Crippen LogP contribution in [-0.2, 0) is 11.2 Å². The zero-order chi connectivity index (χ0) is 12.1. The Bertz CT molecular complexity index is 359. The summed E-state index contributed by atoms with van der Waals surface area (Å²) in [6, 6.07) is 4.40. The van der Waals surface area contributed by atoms with Crippen molar-refractivity contribution in [2.75, 3.05) is 0 Å². The Kier molecular flexibility index (Phi) is 4.90. The summed E-state index contributed by atoms with van der Waals surface area (Å²) in [7, 11) is 0. The molecule has 0 heterocycles. The second kappa shape index (κ2) is 5.97. The largest absolute Gasteiger partial charge is 0.328 e. The maximum absolute atomic E-state index is 13.3. The van der Waals surface area contributed by atoms with Crippen molar-refractivity contribution >= 4 is 17.4 Å². The Balaban J connectivity index is 2.63. The van der Waals surface area contributed by atoms with Crippen LogP contribution in [0.25, 0.3) is 0 Å². The van der Waals surface area contributed by atoms with Gasteiger partial charge in [-0.05, 0) is 25.5 Å². The molecular weight excluding hydrogens is 229 g/mol. The first-order valence-electron chi connectivity index (χ1n) is 5.21. The standard InChI is InChI=1S/C12H15ClFNO/c1-8(15)5-6-9(16)7-10-11(13)3-2-4-12(10)14/h2-4,8H,5-7,15H2,1H3. The minimum absolute atomic E-state index is 0.0138. The van der Waals surface area contributed by atoms with Crippen molar-refractivity contribution < 1.29 is 9.18 Å². The van der Waals surface area contributed by atoms with Gasteiger partial charge in [-0.25, -0.2) is 4.39 Å². The molecule has 1 aromatic carbocycles. The molecule has 1 rings (SSSR count). The van der Waals surface area contributed by atoms with Crippen molar-refractivity contribution in [2.45, 2.75) is 32.2 Å². The van der Waals surface area contributed by atoms with E-state index < -0.39 is 5.82 Å². The molecule has 0 bridgehead atoms. The van der Waals surface area contributed by atoms with Gasteiger partial charge in [0.05, 0.1) is 0 Å². The first-order valence-corrected chi connectivity index (χ1v) is 5.58. The van der Waals surface area contributed by atoms with Gasteiger partial charge in [0.25, 0.3) is 0 Å².